The molecule has 1 amide bonds. The molecule has 0 atom stereocenters. The van der Waals surface area contributed by atoms with Crippen molar-refractivity contribution in [1.29, 1.82) is 0 Å². The summed E-state index contributed by atoms with van der Waals surface area (Å²) in [6, 6.07) is 9.61. The van der Waals surface area contributed by atoms with Gasteiger partial charge in [-0.2, -0.15) is 0 Å². The van der Waals surface area contributed by atoms with E-state index in [1.54, 1.807) is 18.3 Å². The Morgan fingerprint density at radius 2 is 1.66 bits per heavy atom. The van der Waals surface area contributed by atoms with Crippen LogP contribution in [0.4, 0.5) is 10.1 Å². The molecule has 2 aliphatic rings. The molecule has 1 aliphatic heterocycles. The van der Waals surface area contributed by atoms with E-state index < -0.39 is 23.7 Å². The number of nitrogens with zero attached hydrogens (tertiary/aromatic N) is 1. The van der Waals surface area contributed by atoms with Gasteiger partial charge in [0.2, 0.25) is 5.91 Å². The predicted octanol–water partition coefficient (Wildman–Crippen LogP) is 3.58. The predicted molar refractivity (Wildman–Crippen MR) is 111 cm³/mol. The summed E-state index contributed by atoms with van der Waals surface area (Å²) in [5.74, 6) is -0.437. The number of pyridine rings is 1. The van der Waals surface area contributed by atoms with Crippen LogP contribution in [0.25, 0.3) is 0 Å². The van der Waals surface area contributed by atoms with Crippen molar-refractivity contribution in [3.8, 4) is 0 Å². The summed E-state index contributed by atoms with van der Waals surface area (Å²) in [5.41, 5.74) is 0.672. The number of aromatic nitrogens is 1. The van der Waals surface area contributed by atoms with Crippen LogP contribution in [0.1, 0.15) is 52.7 Å². The fraction of sp³-hybridized carbons (Fsp3) is 0.455. The molecule has 5 nitrogen and oxygen atoms in total. The van der Waals surface area contributed by atoms with Gasteiger partial charge in [0.1, 0.15) is 5.82 Å². The highest BCUT2D eigenvalue weighted by Gasteiger charge is 2.52. The molecule has 1 saturated carbocycles. The van der Waals surface area contributed by atoms with E-state index in [1.165, 1.54) is 12.1 Å². The Bertz CT molecular complexity index is 893. The monoisotopic (exact) mass is 396 g/mol. The Hall–Kier alpha value is -2.25. The van der Waals surface area contributed by atoms with Crippen LogP contribution in [0.5, 0.6) is 0 Å². The van der Waals surface area contributed by atoms with E-state index in [2.05, 4.69) is 10.3 Å². The second kappa shape index (κ2) is 6.92. The minimum atomic E-state index is -0.650. The van der Waals surface area contributed by atoms with Crippen molar-refractivity contribution in [3.63, 3.8) is 0 Å². The minimum absolute atomic E-state index is 0.105. The van der Waals surface area contributed by atoms with Crippen molar-refractivity contribution < 1.29 is 18.5 Å². The SMILES string of the molecule is CC1(C)OB(c2ccc(C3(C(=O)Nc4ccc(F)cc4)CCC3)nc2)OC1(C)C. The van der Waals surface area contributed by atoms with E-state index in [9.17, 15) is 9.18 Å². The van der Waals surface area contributed by atoms with Gasteiger partial charge in [0, 0.05) is 17.3 Å². The molecule has 0 unspecified atom stereocenters. The van der Waals surface area contributed by atoms with E-state index in [0.29, 0.717) is 5.69 Å². The number of nitrogens with one attached hydrogen (secondary N) is 1. The lowest BCUT2D eigenvalue weighted by Crippen LogP contribution is -2.47. The molecule has 1 saturated heterocycles. The van der Waals surface area contributed by atoms with Crippen LogP contribution in [0, 0.1) is 5.82 Å². The quantitative estimate of drug-likeness (QED) is 0.803. The minimum Gasteiger partial charge on any atom is -0.399 e. The first kappa shape index (κ1) is 20.0. The summed E-state index contributed by atoms with van der Waals surface area (Å²) in [6.45, 7) is 8.05. The molecule has 0 bridgehead atoms. The van der Waals surface area contributed by atoms with Crippen molar-refractivity contribution in [3.05, 3.63) is 54.1 Å². The number of rotatable bonds is 4. The maximum absolute atomic E-state index is 13.1. The molecular formula is C22H26BFN2O3. The van der Waals surface area contributed by atoms with Crippen LogP contribution >= 0.6 is 0 Å². The van der Waals surface area contributed by atoms with Gasteiger partial charge in [-0.15, -0.1) is 0 Å². The Kier molecular flexibility index (Phi) is 4.78. The molecule has 0 radical (unpaired) electrons. The molecule has 1 aliphatic carbocycles. The smallest absolute Gasteiger partial charge is 0.399 e. The lowest BCUT2D eigenvalue weighted by atomic mass is 9.65. The average Bonchev–Trinajstić information content (AvgIpc) is 2.84. The maximum atomic E-state index is 13.1. The van der Waals surface area contributed by atoms with Gasteiger partial charge >= 0.3 is 7.12 Å². The summed E-state index contributed by atoms with van der Waals surface area (Å²) in [5, 5.41) is 2.91. The molecule has 1 aromatic heterocycles. The van der Waals surface area contributed by atoms with Crippen molar-refractivity contribution in [2.45, 2.75) is 63.6 Å². The zero-order valence-electron chi connectivity index (χ0n) is 17.3. The second-order valence-electron chi connectivity index (χ2n) is 8.96. The van der Waals surface area contributed by atoms with Crippen molar-refractivity contribution >= 4 is 24.2 Å². The fourth-order valence-corrected chi connectivity index (χ4v) is 3.72. The zero-order chi connectivity index (χ0) is 20.9. The second-order valence-corrected chi connectivity index (χ2v) is 8.96. The molecule has 2 heterocycles. The molecular weight excluding hydrogens is 370 g/mol. The van der Waals surface area contributed by atoms with Crippen LogP contribution in [-0.4, -0.2) is 29.2 Å². The van der Waals surface area contributed by atoms with E-state index in [1.807, 2.05) is 39.8 Å². The number of halogens is 1. The van der Waals surface area contributed by atoms with Gasteiger partial charge < -0.3 is 14.6 Å². The topological polar surface area (TPSA) is 60.5 Å². The number of carbonyl (C=O) groups excluding carboxylic acids is 1. The molecule has 7 heteroatoms. The number of anilines is 1. The fourth-order valence-electron chi connectivity index (χ4n) is 3.72. The standard InChI is InChI=1S/C22H26BFN2O3/c1-20(2)21(3,4)29-23(28-20)15-6-11-18(25-14-15)22(12-5-13-22)19(27)26-17-9-7-16(24)8-10-17/h6-11,14H,5,12-13H2,1-4H3,(H,26,27). The lowest BCUT2D eigenvalue weighted by molar-refractivity contribution is -0.124. The summed E-state index contributed by atoms with van der Waals surface area (Å²) in [4.78, 5) is 17.6. The first-order valence-electron chi connectivity index (χ1n) is 10.0. The van der Waals surface area contributed by atoms with E-state index in [0.717, 1.165) is 30.4 Å². The summed E-state index contributed by atoms with van der Waals surface area (Å²) in [6.07, 6.45) is 4.19. The zero-order valence-corrected chi connectivity index (χ0v) is 17.3. The molecule has 2 aromatic rings. The van der Waals surface area contributed by atoms with E-state index >= 15 is 0 Å². The van der Waals surface area contributed by atoms with Gasteiger partial charge in [-0.05, 0) is 70.9 Å². The van der Waals surface area contributed by atoms with Gasteiger partial charge in [-0.3, -0.25) is 9.78 Å². The molecule has 152 valence electrons. The molecule has 2 fully saturated rings. The highest BCUT2D eigenvalue weighted by Crippen LogP contribution is 2.44. The van der Waals surface area contributed by atoms with Crippen LogP contribution in [0.3, 0.4) is 0 Å². The third kappa shape index (κ3) is 3.47. The van der Waals surface area contributed by atoms with Gasteiger partial charge in [0.15, 0.2) is 0 Å². The third-order valence-electron chi connectivity index (χ3n) is 6.55. The van der Waals surface area contributed by atoms with E-state index in [4.69, 9.17) is 9.31 Å². The van der Waals surface area contributed by atoms with Crippen LogP contribution in [-0.2, 0) is 19.5 Å². The summed E-state index contributed by atoms with van der Waals surface area (Å²) >= 11 is 0. The van der Waals surface area contributed by atoms with Crippen LogP contribution in [0.2, 0.25) is 0 Å². The normalized spacial score (nSPS) is 21.5. The van der Waals surface area contributed by atoms with Crippen molar-refractivity contribution in [2.75, 3.05) is 5.32 Å². The number of amides is 1. The van der Waals surface area contributed by atoms with Gasteiger partial charge in [0.05, 0.1) is 22.3 Å². The first-order chi connectivity index (χ1) is 13.6. The van der Waals surface area contributed by atoms with Gasteiger partial charge in [0.25, 0.3) is 0 Å². The highest BCUT2D eigenvalue weighted by atomic mass is 19.1. The van der Waals surface area contributed by atoms with Crippen molar-refractivity contribution in [2.24, 2.45) is 0 Å². The summed E-state index contributed by atoms with van der Waals surface area (Å²) < 4.78 is 25.3. The van der Waals surface area contributed by atoms with Gasteiger partial charge in [-0.25, -0.2) is 4.39 Å². The lowest BCUT2D eigenvalue weighted by Gasteiger charge is -2.39. The van der Waals surface area contributed by atoms with Gasteiger partial charge in [-0.1, -0.05) is 12.5 Å². The average molecular weight is 396 g/mol. The molecule has 0 spiro atoms. The Labute approximate surface area is 171 Å². The Morgan fingerprint density at radius 1 is 1.03 bits per heavy atom. The number of hydrogen-bond acceptors (Lipinski definition) is 4. The van der Waals surface area contributed by atoms with Crippen LogP contribution < -0.4 is 10.8 Å². The molecule has 29 heavy (non-hydrogen) atoms. The number of hydrogen-bond donors (Lipinski definition) is 1. The third-order valence-corrected chi connectivity index (χ3v) is 6.55. The number of carbonyl (C=O) groups is 1. The Balaban J connectivity index is 1.52. The molecule has 4 rings (SSSR count). The number of benzene rings is 1. The van der Waals surface area contributed by atoms with Crippen molar-refractivity contribution in [1.82, 2.24) is 4.98 Å². The first-order valence-corrected chi connectivity index (χ1v) is 10.0. The summed E-state index contributed by atoms with van der Waals surface area (Å²) in [7, 11) is -0.480. The maximum Gasteiger partial charge on any atom is 0.496 e. The van der Waals surface area contributed by atoms with E-state index in [-0.39, 0.29) is 11.7 Å². The molecule has 1 aromatic carbocycles. The highest BCUT2D eigenvalue weighted by molar-refractivity contribution is 6.62. The molecule has 1 N–H and O–H groups in total. The Morgan fingerprint density at radius 3 is 2.14 bits per heavy atom. The largest absolute Gasteiger partial charge is 0.496 e. The van der Waals surface area contributed by atoms with Crippen LogP contribution in [0.15, 0.2) is 42.6 Å².